The third-order valence-corrected chi connectivity index (χ3v) is 0.646. The molecule has 0 amide bonds. The van der Waals surface area contributed by atoms with Crippen molar-refractivity contribution in [3.63, 3.8) is 0 Å². The van der Waals surface area contributed by atoms with Gasteiger partial charge in [-0.25, -0.2) is 0 Å². The Morgan fingerprint density at radius 2 is 1.50 bits per heavy atom. The largest absolute Gasteiger partial charge is 1.00 e. The van der Waals surface area contributed by atoms with Gasteiger partial charge < -0.3 is 25.3 Å². The number of aliphatic carboxylic acids is 2. The summed E-state index contributed by atoms with van der Waals surface area (Å²) in [7, 11) is 0. The summed E-state index contributed by atoms with van der Waals surface area (Å²) in [6.07, 6.45) is -0.678. The van der Waals surface area contributed by atoms with Gasteiger partial charge in [0.1, 0.15) is 0 Å². The molecule has 0 fully saturated rings. The zero-order chi connectivity index (χ0) is 7.44. The first kappa shape index (κ1) is 23.6. The molecule has 0 aromatic heterocycles. The Hall–Kier alpha value is 1.91. The van der Waals surface area contributed by atoms with Crippen molar-refractivity contribution in [2.24, 2.45) is 0 Å². The molecule has 2 N–H and O–H groups in total. The minimum atomic E-state index is -1.56. The molecule has 0 aliphatic carbocycles. The van der Waals surface area contributed by atoms with Crippen molar-refractivity contribution < 1.29 is 128 Å². The number of rotatable bonds is 3. The van der Waals surface area contributed by atoms with Crippen LogP contribution in [0.2, 0.25) is 0 Å². The third-order valence-electron chi connectivity index (χ3n) is 0.646. The molecule has 0 aromatic rings. The van der Waals surface area contributed by atoms with Crippen LogP contribution in [0.25, 0.3) is 0 Å². The molecule has 5 nitrogen and oxygen atoms in total. The van der Waals surface area contributed by atoms with Gasteiger partial charge in [0, 0.05) is 12.4 Å². The van der Waals surface area contributed by atoms with Crippen LogP contribution in [-0.4, -0.2) is 17.4 Å². The average molecular weight is 224 g/mol. The maximum atomic E-state index is 9.73. The Bertz CT molecular complexity index is 167. The summed E-state index contributed by atoms with van der Waals surface area (Å²) in [5.41, 5.74) is -0.477. The number of carboxylic acid groups (broad SMARTS) is 2. The first-order chi connectivity index (χ1) is 4.04. The van der Waals surface area contributed by atoms with Crippen LogP contribution in [0.4, 0.5) is 0 Å². The van der Waals surface area contributed by atoms with Gasteiger partial charge in [0.05, 0.1) is 5.97 Å². The quantitative estimate of drug-likeness (QED) is 0.350. The van der Waals surface area contributed by atoms with Gasteiger partial charge in [0.15, 0.2) is 0 Å². The minimum Gasteiger partial charge on any atom is -0.550 e. The second-order valence-corrected chi connectivity index (χ2v) is 1.44. The molecule has 12 heavy (non-hydrogen) atoms. The van der Waals surface area contributed by atoms with Crippen molar-refractivity contribution in [1.82, 2.24) is 0 Å². The first-order valence-electron chi connectivity index (χ1n) is 2.13. The van der Waals surface area contributed by atoms with E-state index in [0.717, 1.165) is 0 Å². The van der Waals surface area contributed by atoms with Gasteiger partial charge in [-0.1, -0.05) is 6.58 Å². The van der Waals surface area contributed by atoms with Gasteiger partial charge in [-0.05, 0) is 5.57 Å². The minimum absolute atomic E-state index is 0. The van der Waals surface area contributed by atoms with Crippen LogP contribution >= 0.6 is 0 Å². The zero-order valence-electron chi connectivity index (χ0n) is 7.05. The Balaban J connectivity index is -0.000000107. The molecule has 0 aliphatic rings. The van der Waals surface area contributed by atoms with Gasteiger partial charge in [-0.3, -0.25) is 0 Å². The van der Waals surface area contributed by atoms with Crippen molar-refractivity contribution in [3.8, 4) is 0 Å². The molecule has 0 aliphatic heterocycles. The Morgan fingerprint density at radius 3 is 1.58 bits per heavy atom. The van der Waals surface area contributed by atoms with E-state index in [0.29, 0.717) is 0 Å². The maximum absolute atomic E-state index is 9.73. The van der Waals surface area contributed by atoms with Crippen LogP contribution < -0.4 is 113 Å². The smallest absolute Gasteiger partial charge is 0.550 e. The first-order valence-corrected chi connectivity index (χ1v) is 2.13. The second-order valence-electron chi connectivity index (χ2n) is 1.44. The fourth-order valence-electron chi connectivity index (χ4n) is 0.246. The van der Waals surface area contributed by atoms with Crippen LogP contribution in [0.15, 0.2) is 12.2 Å². The summed E-state index contributed by atoms with van der Waals surface area (Å²) in [6, 6.07) is 0. The van der Waals surface area contributed by atoms with E-state index in [-0.39, 0.29) is 108 Å². The number of hydrogen-bond acceptors (Lipinski definition) is 4. The summed E-state index contributed by atoms with van der Waals surface area (Å²) >= 11 is 0. The van der Waals surface area contributed by atoms with Gasteiger partial charge >= 0.3 is 103 Å². The molecular formula is C5H6K2O5. The molecule has 0 saturated heterocycles. The molecule has 0 heterocycles. The summed E-state index contributed by atoms with van der Waals surface area (Å²) < 4.78 is 0. The Kier molecular flexibility index (Phi) is 25.4. The van der Waals surface area contributed by atoms with Gasteiger partial charge in [-0.2, -0.15) is 0 Å². The standard InChI is InChI=1S/C5H6O4.2K.H2O/c1-3(5(8)9)2-4(6)7;;;/h1-2H2,(H,6,7)(H,8,9);;;1H2/q;2*+1;/p-2. The Labute approximate surface area is 155 Å². The number of carboxylic acids is 2. The van der Waals surface area contributed by atoms with Crippen molar-refractivity contribution >= 4 is 11.9 Å². The molecule has 58 valence electrons. The van der Waals surface area contributed by atoms with E-state index in [1.165, 1.54) is 0 Å². The van der Waals surface area contributed by atoms with Crippen LogP contribution in [0.5, 0.6) is 0 Å². The third kappa shape index (κ3) is 14.4. The molecular weight excluding hydrogens is 218 g/mol. The van der Waals surface area contributed by atoms with E-state index < -0.39 is 23.9 Å². The second kappa shape index (κ2) is 12.9. The molecule has 0 bridgehead atoms. The SMILES string of the molecule is C=C(CC(=O)[O-])C(=O)[O-].O.[K+].[K+]. The monoisotopic (exact) mass is 224 g/mol. The van der Waals surface area contributed by atoms with Crippen molar-refractivity contribution in [2.45, 2.75) is 6.42 Å². The van der Waals surface area contributed by atoms with Crippen LogP contribution in [0.3, 0.4) is 0 Å². The van der Waals surface area contributed by atoms with E-state index in [2.05, 4.69) is 6.58 Å². The Morgan fingerprint density at radius 1 is 1.17 bits per heavy atom. The van der Waals surface area contributed by atoms with Crippen molar-refractivity contribution in [1.29, 1.82) is 0 Å². The van der Waals surface area contributed by atoms with Gasteiger partial charge in [-0.15, -0.1) is 0 Å². The predicted molar refractivity (Wildman–Crippen MR) is 27.4 cm³/mol. The average Bonchev–Trinajstić information content (AvgIpc) is 1.63. The normalized spacial score (nSPS) is 6.33. The van der Waals surface area contributed by atoms with Crippen LogP contribution in [-0.2, 0) is 9.59 Å². The fourth-order valence-corrected chi connectivity index (χ4v) is 0.246. The molecule has 7 heteroatoms. The zero-order valence-corrected chi connectivity index (χ0v) is 13.3. The molecule has 0 atom stereocenters. The van der Waals surface area contributed by atoms with Crippen molar-refractivity contribution in [3.05, 3.63) is 12.2 Å². The van der Waals surface area contributed by atoms with Gasteiger partial charge in [0.25, 0.3) is 0 Å². The number of carbonyl (C=O) groups is 2. The van der Waals surface area contributed by atoms with Crippen LogP contribution in [0.1, 0.15) is 6.42 Å². The summed E-state index contributed by atoms with van der Waals surface area (Å²) in [5.74, 6) is -3.02. The molecule has 0 radical (unpaired) electrons. The summed E-state index contributed by atoms with van der Waals surface area (Å²) in [4.78, 5) is 19.4. The molecule has 0 unspecified atom stereocenters. The topological polar surface area (TPSA) is 112 Å². The van der Waals surface area contributed by atoms with E-state index in [1.807, 2.05) is 0 Å². The van der Waals surface area contributed by atoms with Crippen LogP contribution in [0, 0.1) is 0 Å². The summed E-state index contributed by atoms with van der Waals surface area (Å²) in [6.45, 7) is 2.91. The molecule has 0 spiro atoms. The van der Waals surface area contributed by atoms with E-state index in [4.69, 9.17) is 0 Å². The maximum Gasteiger partial charge on any atom is 1.00 e. The van der Waals surface area contributed by atoms with E-state index >= 15 is 0 Å². The summed E-state index contributed by atoms with van der Waals surface area (Å²) in [5, 5.41) is 19.4. The number of carbonyl (C=O) groups excluding carboxylic acids is 2. The molecule has 0 saturated carbocycles. The number of hydrogen-bond donors (Lipinski definition) is 0. The molecule has 0 aromatic carbocycles. The van der Waals surface area contributed by atoms with E-state index in [9.17, 15) is 19.8 Å². The molecule has 0 rings (SSSR count). The van der Waals surface area contributed by atoms with Gasteiger partial charge in [0.2, 0.25) is 0 Å². The fraction of sp³-hybridized carbons (Fsp3) is 0.200. The predicted octanol–water partition coefficient (Wildman–Crippen LogP) is -9.38. The van der Waals surface area contributed by atoms with E-state index in [1.54, 1.807) is 0 Å². The van der Waals surface area contributed by atoms with Crippen molar-refractivity contribution in [2.75, 3.05) is 0 Å².